The molecule has 2 aromatic heterocycles. The molecule has 84 valence electrons. The van der Waals surface area contributed by atoms with Gasteiger partial charge in [-0.3, -0.25) is 4.40 Å². The van der Waals surface area contributed by atoms with E-state index in [1.807, 2.05) is 53.9 Å². The molecule has 0 saturated carbocycles. The van der Waals surface area contributed by atoms with Gasteiger partial charge < -0.3 is 5.73 Å². The summed E-state index contributed by atoms with van der Waals surface area (Å²) in [5.74, 6) is 0.812. The molecular weight excluding hydrogens is 212 g/mol. The van der Waals surface area contributed by atoms with Crippen LogP contribution >= 0.6 is 0 Å². The van der Waals surface area contributed by atoms with Crippen LogP contribution in [0.2, 0.25) is 0 Å². The fourth-order valence-corrected chi connectivity index (χ4v) is 1.83. The van der Waals surface area contributed by atoms with Gasteiger partial charge in [0.2, 0.25) is 0 Å². The summed E-state index contributed by atoms with van der Waals surface area (Å²) < 4.78 is 1.91. The van der Waals surface area contributed by atoms with Gasteiger partial charge in [-0.2, -0.15) is 0 Å². The first kappa shape index (κ1) is 9.84. The van der Waals surface area contributed by atoms with Crippen molar-refractivity contribution >= 4 is 11.3 Å². The minimum absolute atomic E-state index is 0.745. The Hall–Kier alpha value is -2.36. The molecule has 0 aliphatic rings. The molecule has 0 radical (unpaired) electrons. The molecule has 3 aromatic rings. The number of aryl methyl sites for hydroxylation is 1. The minimum Gasteiger partial charge on any atom is -0.397 e. The molecule has 17 heavy (non-hydrogen) atoms. The summed E-state index contributed by atoms with van der Waals surface area (Å²) in [5, 5.41) is 8.36. The number of fused-ring (bicyclic) bond motifs is 1. The largest absolute Gasteiger partial charge is 0.397 e. The Balaban J connectivity index is 2.29. The molecule has 0 fully saturated rings. The number of aromatic nitrogens is 3. The quantitative estimate of drug-likeness (QED) is 0.690. The molecule has 0 amide bonds. The van der Waals surface area contributed by atoms with Crippen molar-refractivity contribution in [3.63, 3.8) is 0 Å². The van der Waals surface area contributed by atoms with Crippen molar-refractivity contribution < 1.29 is 0 Å². The van der Waals surface area contributed by atoms with Gasteiger partial charge >= 0.3 is 0 Å². The van der Waals surface area contributed by atoms with E-state index in [0.717, 1.165) is 28.3 Å². The number of nitrogens with two attached hydrogens (primary N) is 1. The zero-order valence-electron chi connectivity index (χ0n) is 9.46. The summed E-state index contributed by atoms with van der Waals surface area (Å²) in [6, 6.07) is 11.9. The van der Waals surface area contributed by atoms with Crippen molar-refractivity contribution in [2.45, 2.75) is 6.92 Å². The first-order valence-corrected chi connectivity index (χ1v) is 5.42. The Bertz CT molecular complexity index is 670. The van der Waals surface area contributed by atoms with E-state index in [9.17, 15) is 0 Å². The highest BCUT2D eigenvalue weighted by atomic mass is 15.2. The van der Waals surface area contributed by atoms with Gasteiger partial charge in [0.1, 0.15) is 0 Å². The van der Waals surface area contributed by atoms with Crippen LogP contribution in [0.4, 0.5) is 5.69 Å². The number of anilines is 1. The highest BCUT2D eigenvalue weighted by molar-refractivity contribution is 5.62. The van der Waals surface area contributed by atoms with Crippen molar-refractivity contribution in [1.29, 1.82) is 0 Å². The second-order valence-corrected chi connectivity index (χ2v) is 4.03. The maximum absolute atomic E-state index is 5.92. The van der Waals surface area contributed by atoms with Crippen LogP contribution in [0.1, 0.15) is 5.56 Å². The molecule has 0 spiro atoms. The molecule has 3 rings (SSSR count). The van der Waals surface area contributed by atoms with Gasteiger partial charge in [0.15, 0.2) is 11.5 Å². The fraction of sp³-hybridized carbons (Fsp3) is 0.0769. The second-order valence-electron chi connectivity index (χ2n) is 4.03. The summed E-state index contributed by atoms with van der Waals surface area (Å²) in [6.45, 7) is 1.96. The Kier molecular flexibility index (Phi) is 2.08. The van der Waals surface area contributed by atoms with Crippen molar-refractivity contribution in [3.8, 4) is 11.4 Å². The van der Waals surface area contributed by atoms with Crippen LogP contribution in [0.25, 0.3) is 17.0 Å². The molecule has 1 aromatic carbocycles. The molecule has 2 heterocycles. The van der Waals surface area contributed by atoms with E-state index < -0.39 is 0 Å². The molecular formula is C13H12N4. The van der Waals surface area contributed by atoms with Gasteiger partial charge in [0.25, 0.3) is 0 Å². The Morgan fingerprint density at radius 3 is 2.65 bits per heavy atom. The van der Waals surface area contributed by atoms with Crippen molar-refractivity contribution in [3.05, 3.63) is 48.2 Å². The maximum Gasteiger partial charge on any atom is 0.168 e. The first-order valence-electron chi connectivity index (χ1n) is 5.42. The highest BCUT2D eigenvalue weighted by Gasteiger charge is 2.08. The average Bonchev–Trinajstić information content (AvgIpc) is 2.74. The lowest BCUT2D eigenvalue weighted by Gasteiger charge is -2.03. The molecule has 0 bridgehead atoms. The molecule has 0 aliphatic heterocycles. The zero-order valence-corrected chi connectivity index (χ0v) is 9.46. The SMILES string of the molecule is Cc1cc2nnc(-c3ccccc3)n2cc1N. The average molecular weight is 224 g/mol. The monoisotopic (exact) mass is 224 g/mol. The third kappa shape index (κ3) is 1.54. The number of hydrogen-bond acceptors (Lipinski definition) is 3. The first-order chi connectivity index (χ1) is 8.25. The predicted molar refractivity (Wildman–Crippen MR) is 67.6 cm³/mol. The topological polar surface area (TPSA) is 56.2 Å². The van der Waals surface area contributed by atoms with Gasteiger partial charge in [-0.15, -0.1) is 10.2 Å². The summed E-state index contributed by atoms with van der Waals surface area (Å²) in [7, 11) is 0. The van der Waals surface area contributed by atoms with Gasteiger partial charge in [-0.25, -0.2) is 0 Å². The van der Waals surface area contributed by atoms with E-state index in [0.29, 0.717) is 0 Å². The summed E-state index contributed by atoms with van der Waals surface area (Å²) in [4.78, 5) is 0. The number of rotatable bonds is 1. The minimum atomic E-state index is 0.745. The normalized spacial score (nSPS) is 10.9. The third-order valence-corrected chi connectivity index (χ3v) is 2.82. The lowest BCUT2D eigenvalue weighted by Crippen LogP contribution is -1.95. The smallest absolute Gasteiger partial charge is 0.168 e. The maximum atomic E-state index is 5.92. The molecule has 0 aliphatic carbocycles. The van der Waals surface area contributed by atoms with Gasteiger partial charge in [-0.05, 0) is 18.6 Å². The van der Waals surface area contributed by atoms with E-state index >= 15 is 0 Å². The van der Waals surface area contributed by atoms with Crippen molar-refractivity contribution in [1.82, 2.24) is 14.6 Å². The Morgan fingerprint density at radius 2 is 1.88 bits per heavy atom. The van der Waals surface area contributed by atoms with E-state index in [-0.39, 0.29) is 0 Å². The Morgan fingerprint density at radius 1 is 1.12 bits per heavy atom. The molecule has 2 N–H and O–H groups in total. The standard InChI is InChI=1S/C13H12N4/c1-9-7-12-15-16-13(17(12)8-11(9)14)10-5-3-2-4-6-10/h2-8H,14H2,1H3. The number of pyridine rings is 1. The summed E-state index contributed by atoms with van der Waals surface area (Å²) in [5.41, 5.74) is 9.52. The summed E-state index contributed by atoms with van der Waals surface area (Å²) in [6.07, 6.45) is 1.87. The van der Waals surface area contributed by atoms with Crippen LogP contribution in [0.15, 0.2) is 42.6 Å². The molecule has 0 unspecified atom stereocenters. The van der Waals surface area contributed by atoms with Crippen LogP contribution in [-0.2, 0) is 0 Å². The van der Waals surface area contributed by atoms with Crippen LogP contribution in [-0.4, -0.2) is 14.6 Å². The third-order valence-electron chi connectivity index (χ3n) is 2.82. The molecule has 0 atom stereocenters. The summed E-state index contributed by atoms with van der Waals surface area (Å²) >= 11 is 0. The van der Waals surface area contributed by atoms with Gasteiger partial charge in [0.05, 0.1) is 5.69 Å². The van der Waals surface area contributed by atoms with E-state index in [2.05, 4.69) is 10.2 Å². The number of hydrogen-bond donors (Lipinski definition) is 1. The molecule has 0 saturated heterocycles. The predicted octanol–water partition coefficient (Wildman–Crippen LogP) is 2.29. The van der Waals surface area contributed by atoms with Crippen molar-refractivity contribution in [2.24, 2.45) is 0 Å². The Labute approximate surface area is 98.7 Å². The fourth-order valence-electron chi connectivity index (χ4n) is 1.83. The van der Waals surface area contributed by atoms with Gasteiger partial charge in [0, 0.05) is 11.8 Å². The highest BCUT2D eigenvalue weighted by Crippen LogP contribution is 2.20. The zero-order chi connectivity index (χ0) is 11.8. The number of benzene rings is 1. The number of nitrogens with zero attached hydrogens (tertiary/aromatic N) is 3. The van der Waals surface area contributed by atoms with Crippen LogP contribution < -0.4 is 5.73 Å². The lowest BCUT2D eigenvalue weighted by molar-refractivity contribution is 1.11. The van der Waals surface area contributed by atoms with Crippen LogP contribution in [0, 0.1) is 6.92 Å². The molecule has 4 nitrogen and oxygen atoms in total. The van der Waals surface area contributed by atoms with Crippen LogP contribution in [0.5, 0.6) is 0 Å². The van der Waals surface area contributed by atoms with Crippen LogP contribution in [0.3, 0.4) is 0 Å². The number of nitrogen functional groups attached to an aromatic ring is 1. The van der Waals surface area contributed by atoms with Crippen molar-refractivity contribution in [2.75, 3.05) is 5.73 Å². The second kappa shape index (κ2) is 3.59. The lowest BCUT2D eigenvalue weighted by atomic mass is 10.2. The van der Waals surface area contributed by atoms with E-state index in [1.165, 1.54) is 0 Å². The van der Waals surface area contributed by atoms with E-state index in [1.54, 1.807) is 0 Å². The molecule has 4 heteroatoms. The van der Waals surface area contributed by atoms with E-state index in [4.69, 9.17) is 5.73 Å². The van der Waals surface area contributed by atoms with Gasteiger partial charge in [-0.1, -0.05) is 30.3 Å².